The van der Waals surface area contributed by atoms with Crippen molar-refractivity contribution >= 4 is 33.3 Å². The summed E-state index contributed by atoms with van der Waals surface area (Å²) in [5.41, 5.74) is 1.92. The third-order valence-electron chi connectivity index (χ3n) is 5.37. The molecule has 0 spiro atoms. The Morgan fingerprint density at radius 1 is 0.912 bits per heavy atom. The Morgan fingerprint density at radius 3 is 2.09 bits per heavy atom. The molecule has 1 N–H and O–H groups in total. The molecule has 0 unspecified atom stereocenters. The van der Waals surface area contributed by atoms with Crippen LogP contribution in [-0.4, -0.2) is 44.1 Å². The van der Waals surface area contributed by atoms with Crippen LogP contribution >= 0.6 is 11.6 Å². The number of hydrogen-bond donors (Lipinski definition) is 1. The zero-order valence-electron chi connectivity index (χ0n) is 19.3. The lowest BCUT2D eigenvalue weighted by Gasteiger charge is -2.27. The van der Waals surface area contributed by atoms with Gasteiger partial charge in [0.05, 0.1) is 10.5 Å². The molecule has 178 valence electrons. The van der Waals surface area contributed by atoms with Crippen molar-refractivity contribution in [3.8, 4) is 0 Å². The molecule has 0 aliphatic heterocycles. The highest BCUT2D eigenvalue weighted by Gasteiger charge is 2.25. The number of benzene rings is 3. The molecule has 0 saturated heterocycles. The average Bonchev–Trinajstić information content (AvgIpc) is 2.81. The highest BCUT2D eigenvalue weighted by atomic mass is 35.5. The van der Waals surface area contributed by atoms with Gasteiger partial charge in [-0.05, 0) is 63.2 Å². The van der Waals surface area contributed by atoms with Crippen molar-refractivity contribution in [3.05, 3.63) is 100 Å². The molecule has 0 atom stereocenters. The largest absolute Gasteiger partial charge is 0.335 e. The maximum atomic E-state index is 13.4. The number of nitrogens with zero attached hydrogens (tertiary/aromatic N) is 1. The van der Waals surface area contributed by atoms with Crippen molar-refractivity contribution in [2.45, 2.75) is 31.7 Å². The van der Waals surface area contributed by atoms with Crippen LogP contribution < -0.4 is 4.72 Å². The molecular weight excluding hydrogens is 472 g/mol. The molecule has 6 nitrogen and oxygen atoms in total. The minimum atomic E-state index is -3.70. The molecule has 0 saturated carbocycles. The number of ketones is 1. The van der Waals surface area contributed by atoms with E-state index in [0.717, 1.165) is 5.56 Å². The fourth-order valence-corrected chi connectivity index (χ4v) is 4.62. The Balaban J connectivity index is 1.78. The lowest BCUT2D eigenvalue weighted by molar-refractivity contribution is 0.0706. The van der Waals surface area contributed by atoms with Gasteiger partial charge in [0.25, 0.3) is 5.91 Å². The van der Waals surface area contributed by atoms with Gasteiger partial charge in [-0.3, -0.25) is 9.59 Å². The van der Waals surface area contributed by atoms with Crippen LogP contribution in [0.3, 0.4) is 0 Å². The molecule has 0 aliphatic rings. The van der Waals surface area contributed by atoms with Gasteiger partial charge in [-0.25, -0.2) is 13.1 Å². The number of sulfonamides is 1. The number of hydrogen-bond acceptors (Lipinski definition) is 4. The summed E-state index contributed by atoms with van der Waals surface area (Å²) in [4.78, 5) is 28.2. The molecule has 3 rings (SSSR count). The van der Waals surface area contributed by atoms with Gasteiger partial charge in [-0.1, -0.05) is 47.5 Å². The van der Waals surface area contributed by atoms with E-state index in [0.29, 0.717) is 10.6 Å². The van der Waals surface area contributed by atoms with Gasteiger partial charge >= 0.3 is 0 Å². The van der Waals surface area contributed by atoms with Gasteiger partial charge in [-0.15, -0.1) is 0 Å². The van der Waals surface area contributed by atoms with Crippen LogP contribution in [0.15, 0.2) is 77.7 Å². The van der Waals surface area contributed by atoms with Crippen molar-refractivity contribution < 1.29 is 18.0 Å². The first-order chi connectivity index (χ1) is 16.1. The Morgan fingerprint density at radius 2 is 1.50 bits per heavy atom. The van der Waals surface area contributed by atoms with Crippen molar-refractivity contribution in [2.75, 3.05) is 13.1 Å². The van der Waals surface area contributed by atoms with Crippen LogP contribution in [0.25, 0.3) is 0 Å². The fraction of sp³-hybridized carbons (Fsp3) is 0.231. The van der Waals surface area contributed by atoms with Crippen molar-refractivity contribution in [1.82, 2.24) is 9.62 Å². The molecule has 0 fully saturated rings. The van der Waals surface area contributed by atoms with Gasteiger partial charge in [-0.2, -0.15) is 0 Å². The Bertz CT molecular complexity index is 1270. The lowest BCUT2D eigenvalue weighted by Crippen LogP contribution is -2.42. The Labute approximate surface area is 205 Å². The van der Waals surface area contributed by atoms with Crippen molar-refractivity contribution in [2.24, 2.45) is 0 Å². The molecule has 0 heterocycles. The first kappa shape index (κ1) is 25.6. The van der Waals surface area contributed by atoms with Crippen LogP contribution in [0.5, 0.6) is 0 Å². The lowest BCUT2D eigenvalue weighted by atomic mass is 9.97. The van der Waals surface area contributed by atoms with Gasteiger partial charge < -0.3 is 4.90 Å². The first-order valence-electron chi connectivity index (χ1n) is 10.9. The predicted octanol–water partition coefficient (Wildman–Crippen LogP) is 4.71. The van der Waals surface area contributed by atoms with E-state index in [1.54, 1.807) is 77.7 Å². The van der Waals surface area contributed by atoms with E-state index >= 15 is 0 Å². The highest BCUT2D eigenvalue weighted by molar-refractivity contribution is 7.89. The minimum Gasteiger partial charge on any atom is -0.335 e. The second-order valence-corrected chi connectivity index (χ2v) is 10.4. The summed E-state index contributed by atoms with van der Waals surface area (Å²) in [6.07, 6.45) is 0. The predicted molar refractivity (Wildman–Crippen MR) is 134 cm³/mol. The van der Waals surface area contributed by atoms with Crippen LogP contribution in [0.4, 0.5) is 0 Å². The summed E-state index contributed by atoms with van der Waals surface area (Å²) in [5, 5.41) is 0.514. The van der Waals surface area contributed by atoms with E-state index in [4.69, 9.17) is 11.6 Å². The molecule has 8 heteroatoms. The van der Waals surface area contributed by atoms with Crippen molar-refractivity contribution in [1.29, 1.82) is 0 Å². The Kier molecular flexibility index (Phi) is 8.25. The second-order valence-electron chi connectivity index (χ2n) is 8.18. The number of carbonyl (C=O) groups is 2. The number of halogens is 1. The highest BCUT2D eigenvalue weighted by Crippen LogP contribution is 2.19. The number of amides is 1. The average molecular weight is 499 g/mol. The van der Waals surface area contributed by atoms with E-state index < -0.39 is 10.0 Å². The number of rotatable bonds is 9. The molecular formula is C26H27ClN2O4S. The molecule has 0 aromatic heterocycles. The van der Waals surface area contributed by atoms with Crippen LogP contribution in [0, 0.1) is 6.92 Å². The SMILES string of the molecule is Cc1ccc(S(=O)(=O)NCCN(C(=O)c2ccccc2C(=O)c2ccc(Cl)cc2)C(C)C)cc1. The second kappa shape index (κ2) is 11.0. The van der Waals surface area contributed by atoms with Crippen LogP contribution in [0.2, 0.25) is 5.02 Å². The summed E-state index contributed by atoms with van der Waals surface area (Å²) in [5.74, 6) is -0.633. The van der Waals surface area contributed by atoms with Gasteiger partial charge in [0, 0.05) is 35.3 Å². The number of aryl methyl sites for hydroxylation is 1. The van der Waals surface area contributed by atoms with Gasteiger partial charge in [0.15, 0.2) is 5.78 Å². The molecule has 0 bridgehead atoms. The van der Waals surface area contributed by atoms with Gasteiger partial charge in [0.2, 0.25) is 10.0 Å². The van der Waals surface area contributed by atoms with E-state index in [9.17, 15) is 18.0 Å². The molecule has 34 heavy (non-hydrogen) atoms. The monoisotopic (exact) mass is 498 g/mol. The van der Waals surface area contributed by atoms with Crippen LogP contribution in [0.1, 0.15) is 45.7 Å². The summed E-state index contributed by atoms with van der Waals surface area (Å²) >= 11 is 5.93. The summed E-state index contributed by atoms with van der Waals surface area (Å²) < 4.78 is 27.7. The number of nitrogens with one attached hydrogen (secondary N) is 1. The molecule has 0 radical (unpaired) electrons. The molecule has 3 aromatic rings. The van der Waals surface area contributed by atoms with Crippen LogP contribution in [-0.2, 0) is 10.0 Å². The standard InChI is InChI=1S/C26H27ClN2O4S/c1-18(2)29(17-16-28-34(32,33)22-14-8-19(3)9-15-22)26(31)24-7-5-4-6-23(24)25(30)20-10-12-21(27)13-11-20/h4-15,18,28H,16-17H2,1-3H3. The molecule has 1 amide bonds. The first-order valence-corrected chi connectivity index (χ1v) is 12.7. The number of carbonyl (C=O) groups excluding carboxylic acids is 2. The van der Waals surface area contributed by atoms with E-state index in [1.165, 1.54) is 0 Å². The zero-order chi connectivity index (χ0) is 24.9. The van der Waals surface area contributed by atoms with E-state index in [2.05, 4.69) is 4.72 Å². The topological polar surface area (TPSA) is 83.6 Å². The third-order valence-corrected chi connectivity index (χ3v) is 7.10. The summed E-state index contributed by atoms with van der Waals surface area (Å²) in [6.45, 7) is 5.75. The quantitative estimate of drug-likeness (QED) is 0.433. The van der Waals surface area contributed by atoms with E-state index in [1.807, 2.05) is 20.8 Å². The third kappa shape index (κ3) is 6.11. The minimum absolute atomic E-state index is 0.0351. The summed E-state index contributed by atoms with van der Waals surface area (Å²) in [7, 11) is -3.70. The summed E-state index contributed by atoms with van der Waals surface area (Å²) in [6, 6.07) is 19.4. The Hall–Kier alpha value is -3.00. The van der Waals surface area contributed by atoms with E-state index in [-0.39, 0.29) is 46.8 Å². The maximum absolute atomic E-state index is 13.4. The van der Waals surface area contributed by atoms with Crippen molar-refractivity contribution in [3.63, 3.8) is 0 Å². The normalized spacial score (nSPS) is 11.4. The molecule has 3 aromatic carbocycles. The fourth-order valence-electron chi connectivity index (χ4n) is 3.47. The smallest absolute Gasteiger partial charge is 0.254 e. The maximum Gasteiger partial charge on any atom is 0.254 e. The zero-order valence-corrected chi connectivity index (χ0v) is 20.9. The molecule has 0 aliphatic carbocycles. The van der Waals surface area contributed by atoms with Gasteiger partial charge in [0.1, 0.15) is 0 Å².